The van der Waals surface area contributed by atoms with Gasteiger partial charge in [0.25, 0.3) is 0 Å². The van der Waals surface area contributed by atoms with Crippen molar-refractivity contribution in [3.05, 3.63) is 72.1 Å². The smallest absolute Gasteiger partial charge is 0.168 e. The number of ether oxygens (including phenoxy) is 1. The minimum atomic E-state index is 0.0341. The normalized spacial score (nSPS) is 14.5. The van der Waals surface area contributed by atoms with Gasteiger partial charge in [0.2, 0.25) is 0 Å². The molecule has 1 N–H and O–H groups in total. The van der Waals surface area contributed by atoms with Crippen molar-refractivity contribution in [3.8, 4) is 17.1 Å². The first-order valence-corrected chi connectivity index (χ1v) is 11.3. The molecule has 0 unspecified atom stereocenters. The van der Waals surface area contributed by atoms with E-state index in [9.17, 15) is 4.79 Å². The minimum Gasteiger partial charge on any atom is -0.490 e. The summed E-state index contributed by atoms with van der Waals surface area (Å²) in [6.07, 6.45) is 7.91. The Bertz CT molecular complexity index is 1290. The molecular weight excluding hydrogens is 414 g/mol. The summed E-state index contributed by atoms with van der Waals surface area (Å²) in [4.78, 5) is 26.3. The standard InChI is InChI=1S/C26H27N5O2/c1-17-28-16-25(31(17)2)24-12-19-11-21(29-14-20(19)15-30-24)13-26(32)18-3-5-22(6-4-18)33-23-7-9-27-10-8-23/h3-6,11-12,14-16,23,27H,7-10,13H2,1-2H3. The Labute approximate surface area is 192 Å². The van der Waals surface area contributed by atoms with E-state index in [4.69, 9.17) is 4.74 Å². The van der Waals surface area contributed by atoms with Gasteiger partial charge >= 0.3 is 0 Å². The van der Waals surface area contributed by atoms with Crippen molar-refractivity contribution < 1.29 is 9.53 Å². The molecule has 0 amide bonds. The Morgan fingerprint density at radius 1 is 1.03 bits per heavy atom. The third kappa shape index (κ3) is 4.64. The number of carbonyl (C=O) groups is 1. The summed E-state index contributed by atoms with van der Waals surface area (Å²) in [5.74, 6) is 1.78. The third-order valence-electron chi connectivity index (χ3n) is 6.25. The summed E-state index contributed by atoms with van der Waals surface area (Å²) >= 11 is 0. The maximum absolute atomic E-state index is 12.9. The lowest BCUT2D eigenvalue weighted by Crippen LogP contribution is -2.34. The van der Waals surface area contributed by atoms with Crippen molar-refractivity contribution >= 4 is 16.6 Å². The number of nitrogens with zero attached hydrogens (tertiary/aromatic N) is 4. The number of nitrogens with one attached hydrogen (secondary N) is 1. The van der Waals surface area contributed by atoms with E-state index in [1.807, 2.05) is 67.3 Å². The van der Waals surface area contributed by atoms with Gasteiger partial charge in [-0.2, -0.15) is 0 Å². The number of aromatic nitrogens is 4. The van der Waals surface area contributed by atoms with Crippen LogP contribution in [0.5, 0.6) is 5.75 Å². The van der Waals surface area contributed by atoms with Crippen LogP contribution in [-0.2, 0) is 13.5 Å². The molecule has 7 heteroatoms. The Hall–Kier alpha value is -3.58. The molecule has 33 heavy (non-hydrogen) atoms. The molecule has 1 aromatic carbocycles. The van der Waals surface area contributed by atoms with Gasteiger partial charge in [0, 0.05) is 36.1 Å². The number of aryl methyl sites for hydroxylation is 1. The first kappa shape index (κ1) is 21.3. The number of hydrogen-bond acceptors (Lipinski definition) is 6. The largest absolute Gasteiger partial charge is 0.490 e. The number of hydrogen-bond donors (Lipinski definition) is 1. The van der Waals surface area contributed by atoms with Crippen molar-refractivity contribution in [2.24, 2.45) is 7.05 Å². The van der Waals surface area contributed by atoms with Crippen molar-refractivity contribution in [1.82, 2.24) is 24.8 Å². The van der Waals surface area contributed by atoms with Crippen molar-refractivity contribution in [3.63, 3.8) is 0 Å². The summed E-state index contributed by atoms with van der Waals surface area (Å²) in [7, 11) is 1.98. The summed E-state index contributed by atoms with van der Waals surface area (Å²) < 4.78 is 8.05. The fourth-order valence-corrected chi connectivity index (χ4v) is 4.15. The fraction of sp³-hybridized carbons (Fsp3) is 0.308. The van der Waals surface area contributed by atoms with E-state index in [0.29, 0.717) is 5.56 Å². The van der Waals surface area contributed by atoms with Crippen LogP contribution >= 0.6 is 0 Å². The van der Waals surface area contributed by atoms with Gasteiger partial charge in [0.1, 0.15) is 17.7 Å². The number of fused-ring (bicyclic) bond motifs is 1. The lowest BCUT2D eigenvalue weighted by Gasteiger charge is -2.23. The first-order valence-electron chi connectivity index (χ1n) is 11.3. The highest BCUT2D eigenvalue weighted by Gasteiger charge is 2.15. The van der Waals surface area contributed by atoms with Crippen LogP contribution in [0.15, 0.2) is 55.0 Å². The predicted octanol–water partition coefficient (Wildman–Crippen LogP) is 3.89. The van der Waals surface area contributed by atoms with E-state index < -0.39 is 0 Å². The van der Waals surface area contributed by atoms with Crippen LogP contribution in [0, 0.1) is 6.92 Å². The van der Waals surface area contributed by atoms with Gasteiger partial charge in [0.05, 0.1) is 24.0 Å². The van der Waals surface area contributed by atoms with Crippen molar-refractivity contribution in [1.29, 1.82) is 0 Å². The molecule has 0 saturated carbocycles. The van der Waals surface area contributed by atoms with E-state index in [2.05, 4.69) is 20.3 Å². The number of imidazole rings is 1. The molecular formula is C26H27N5O2. The first-order chi connectivity index (χ1) is 16.1. The second-order valence-corrected chi connectivity index (χ2v) is 8.53. The lowest BCUT2D eigenvalue weighted by molar-refractivity contribution is 0.0992. The van der Waals surface area contributed by atoms with Crippen LogP contribution in [0.4, 0.5) is 0 Å². The average Bonchev–Trinajstić information content (AvgIpc) is 3.18. The number of benzene rings is 1. The Morgan fingerprint density at radius 2 is 1.79 bits per heavy atom. The molecule has 3 aromatic heterocycles. The van der Waals surface area contributed by atoms with Crippen molar-refractivity contribution in [2.45, 2.75) is 32.3 Å². The number of rotatable bonds is 6. The van der Waals surface area contributed by atoms with Crippen LogP contribution in [0.2, 0.25) is 0 Å². The minimum absolute atomic E-state index is 0.0341. The second-order valence-electron chi connectivity index (χ2n) is 8.53. The topological polar surface area (TPSA) is 81.9 Å². The van der Waals surface area contributed by atoms with Crippen LogP contribution in [0.1, 0.15) is 34.7 Å². The quantitative estimate of drug-likeness (QED) is 0.457. The highest BCUT2D eigenvalue weighted by molar-refractivity contribution is 5.98. The molecule has 1 saturated heterocycles. The average molecular weight is 442 g/mol. The number of ketones is 1. The Balaban J connectivity index is 1.30. The van der Waals surface area contributed by atoms with Gasteiger partial charge in [-0.1, -0.05) is 0 Å². The molecule has 4 aromatic rings. The second kappa shape index (κ2) is 9.11. The SMILES string of the molecule is Cc1ncc(-c2cc3cc(CC(=O)c4ccc(OC5CCNCC5)cc4)ncc3cn2)n1C. The van der Waals surface area contributed by atoms with Crippen LogP contribution in [0.25, 0.3) is 22.2 Å². The van der Waals surface area contributed by atoms with E-state index >= 15 is 0 Å². The van der Waals surface area contributed by atoms with Crippen LogP contribution in [-0.4, -0.2) is 44.5 Å². The highest BCUT2D eigenvalue weighted by Crippen LogP contribution is 2.23. The third-order valence-corrected chi connectivity index (χ3v) is 6.25. The van der Waals surface area contributed by atoms with Gasteiger partial charge in [0.15, 0.2) is 5.78 Å². The summed E-state index contributed by atoms with van der Waals surface area (Å²) in [5, 5.41) is 5.28. The Morgan fingerprint density at radius 3 is 2.52 bits per heavy atom. The summed E-state index contributed by atoms with van der Waals surface area (Å²) in [6, 6.07) is 11.4. The molecule has 4 heterocycles. The van der Waals surface area contributed by atoms with E-state index in [1.54, 1.807) is 6.20 Å². The number of piperidine rings is 1. The van der Waals surface area contributed by atoms with Gasteiger partial charge in [-0.3, -0.25) is 14.8 Å². The molecule has 1 aliphatic heterocycles. The predicted molar refractivity (Wildman–Crippen MR) is 127 cm³/mol. The molecule has 0 atom stereocenters. The van der Waals surface area contributed by atoms with Crippen LogP contribution in [0.3, 0.4) is 0 Å². The highest BCUT2D eigenvalue weighted by atomic mass is 16.5. The maximum atomic E-state index is 12.9. The van der Waals surface area contributed by atoms with Gasteiger partial charge in [-0.05, 0) is 74.6 Å². The Kier molecular flexibility index (Phi) is 5.88. The fourth-order valence-electron chi connectivity index (χ4n) is 4.15. The molecule has 168 valence electrons. The van der Waals surface area contributed by atoms with Gasteiger partial charge in [-0.15, -0.1) is 0 Å². The van der Waals surface area contributed by atoms with Gasteiger partial charge < -0.3 is 14.6 Å². The molecule has 0 aliphatic carbocycles. The van der Waals surface area contributed by atoms with E-state index in [0.717, 1.165) is 65.4 Å². The van der Waals surface area contributed by atoms with Crippen molar-refractivity contribution in [2.75, 3.05) is 13.1 Å². The van der Waals surface area contributed by atoms with E-state index in [-0.39, 0.29) is 18.3 Å². The van der Waals surface area contributed by atoms with Gasteiger partial charge in [-0.25, -0.2) is 4.98 Å². The molecule has 0 bridgehead atoms. The summed E-state index contributed by atoms with van der Waals surface area (Å²) in [6.45, 7) is 3.93. The molecule has 0 radical (unpaired) electrons. The lowest BCUT2D eigenvalue weighted by atomic mass is 10.0. The molecule has 1 aliphatic rings. The number of Topliss-reactive ketones (excluding diaryl/α,β-unsaturated/α-hetero) is 1. The zero-order valence-corrected chi connectivity index (χ0v) is 18.9. The number of pyridine rings is 2. The van der Waals surface area contributed by atoms with Crippen LogP contribution < -0.4 is 10.1 Å². The molecule has 5 rings (SSSR count). The monoisotopic (exact) mass is 441 g/mol. The van der Waals surface area contributed by atoms with E-state index in [1.165, 1.54) is 0 Å². The zero-order valence-electron chi connectivity index (χ0n) is 18.9. The maximum Gasteiger partial charge on any atom is 0.168 e. The summed E-state index contributed by atoms with van der Waals surface area (Å²) in [5.41, 5.74) is 3.20. The molecule has 1 fully saturated rings. The zero-order chi connectivity index (χ0) is 22.8. The molecule has 0 spiro atoms. The molecule has 7 nitrogen and oxygen atoms in total. The number of carbonyl (C=O) groups excluding carboxylic acids is 1.